The summed E-state index contributed by atoms with van der Waals surface area (Å²) in [6.45, 7) is 8.25. The lowest BCUT2D eigenvalue weighted by Crippen LogP contribution is -2.49. The van der Waals surface area contributed by atoms with E-state index < -0.39 is 0 Å². The molecule has 1 aliphatic heterocycles. The molecule has 0 radical (unpaired) electrons. The highest BCUT2D eigenvalue weighted by Crippen LogP contribution is 2.15. The summed E-state index contributed by atoms with van der Waals surface area (Å²) in [5.41, 5.74) is -0.0523. The lowest BCUT2D eigenvalue weighted by atomic mass is 9.94. The first-order chi connectivity index (χ1) is 7.05. The van der Waals surface area contributed by atoms with E-state index in [1.807, 2.05) is 0 Å². The minimum Gasteiger partial charge on any atom is -0.351 e. The van der Waals surface area contributed by atoms with Gasteiger partial charge in [0, 0.05) is 12.1 Å². The van der Waals surface area contributed by atoms with E-state index in [1.54, 1.807) is 0 Å². The Balaban J connectivity index is 0.00000225. The predicted octanol–water partition coefficient (Wildman–Crippen LogP) is 2.10. The fourth-order valence-electron chi connectivity index (χ4n) is 2.20. The van der Waals surface area contributed by atoms with Crippen LogP contribution in [-0.4, -0.2) is 24.5 Å². The van der Waals surface area contributed by atoms with Gasteiger partial charge in [0.1, 0.15) is 0 Å². The summed E-state index contributed by atoms with van der Waals surface area (Å²) in [5, 5.41) is 6.42. The van der Waals surface area contributed by atoms with Crippen LogP contribution in [0.1, 0.15) is 46.5 Å². The number of carbonyl (C=O) groups excluding carboxylic acids is 1. The number of halogens is 1. The normalized spacial score (nSPS) is 21.1. The van der Waals surface area contributed by atoms with E-state index in [2.05, 4.69) is 31.4 Å². The minimum absolute atomic E-state index is 0. The maximum atomic E-state index is 11.9. The Morgan fingerprint density at radius 3 is 2.69 bits per heavy atom. The van der Waals surface area contributed by atoms with Crippen molar-refractivity contribution in [3.05, 3.63) is 0 Å². The smallest absolute Gasteiger partial charge is 0.224 e. The van der Waals surface area contributed by atoms with Crippen molar-refractivity contribution in [1.29, 1.82) is 0 Å². The monoisotopic (exact) mass is 248 g/mol. The van der Waals surface area contributed by atoms with Crippen LogP contribution < -0.4 is 10.6 Å². The standard InChI is InChI=1S/C12H24N2O.ClH/c1-4-7-12(2,3)14-11(15)10-6-5-8-13-9-10;/h10,13H,4-9H2,1-3H3,(H,14,15);1H. The van der Waals surface area contributed by atoms with E-state index in [0.29, 0.717) is 0 Å². The molecule has 0 aromatic carbocycles. The molecule has 1 saturated heterocycles. The maximum absolute atomic E-state index is 11.9. The Morgan fingerprint density at radius 1 is 1.50 bits per heavy atom. The van der Waals surface area contributed by atoms with Crippen molar-refractivity contribution in [3.8, 4) is 0 Å². The first-order valence-electron chi connectivity index (χ1n) is 6.08. The van der Waals surface area contributed by atoms with Crippen molar-refractivity contribution in [2.45, 2.75) is 52.0 Å². The van der Waals surface area contributed by atoms with E-state index in [4.69, 9.17) is 0 Å². The van der Waals surface area contributed by atoms with Gasteiger partial charge in [-0.2, -0.15) is 0 Å². The number of piperidine rings is 1. The summed E-state index contributed by atoms with van der Waals surface area (Å²) in [5.74, 6) is 0.399. The summed E-state index contributed by atoms with van der Waals surface area (Å²) in [4.78, 5) is 11.9. The van der Waals surface area contributed by atoms with Gasteiger partial charge in [-0.25, -0.2) is 0 Å². The van der Waals surface area contributed by atoms with Crippen LogP contribution in [0.3, 0.4) is 0 Å². The maximum Gasteiger partial charge on any atom is 0.224 e. The van der Waals surface area contributed by atoms with Gasteiger partial charge in [-0.1, -0.05) is 13.3 Å². The molecule has 0 aliphatic carbocycles. The molecule has 1 amide bonds. The molecule has 16 heavy (non-hydrogen) atoms. The molecule has 96 valence electrons. The van der Waals surface area contributed by atoms with Crippen LogP contribution in [0, 0.1) is 5.92 Å². The Bertz CT molecular complexity index is 213. The molecule has 1 atom stereocenters. The molecule has 1 unspecified atom stereocenters. The van der Waals surface area contributed by atoms with Gasteiger partial charge in [0.15, 0.2) is 0 Å². The van der Waals surface area contributed by atoms with Crippen molar-refractivity contribution in [2.75, 3.05) is 13.1 Å². The SMILES string of the molecule is CCCC(C)(C)NC(=O)C1CCCNC1.Cl. The molecule has 4 heteroatoms. The molecule has 1 fully saturated rings. The van der Waals surface area contributed by atoms with Crippen LogP contribution in [0.2, 0.25) is 0 Å². The molecule has 2 N–H and O–H groups in total. The Kier molecular flexibility index (Phi) is 7.00. The molecular weight excluding hydrogens is 224 g/mol. The van der Waals surface area contributed by atoms with Crippen molar-refractivity contribution < 1.29 is 4.79 Å². The molecule has 0 aromatic rings. The van der Waals surface area contributed by atoms with E-state index >= 15 is 0 Å². The number of rotatable bonds is 4. The van der Waals surface area contributed by atoms with Crippen LogP contribution in [0.4, 0.5) is 0 Å². The molecule has 3 nitrogen and oxygen atoms in total. The van der Waals surface area contributed by atoms with Crippen LogP contribution in [0.15, 0.2) is 0 Å². The highest BCUT2D eigenvalue weighted by Gasteiger charge is 2.26. The second kappa shape index (κ2) is 7.13. The second-order valence-electron chi connectivity index (χ2n) is 5.17. The van der Waals surface area contributed by atoms with Crippen molar-refractivity contribution in [1.82, 2.24) is 10.6 Å². The predicted molar refractivity (Wildman–Crippen MR) is 70.0 cm³/mol. The van der Waals surface area contributed by atoms with Crippen molar-refractivity contribution in [2.24, 2.45) is 5.92 Å². The van der Waals surface area contributed by atoms with Crippen LogP contribution >= 0.6 is 12.4 Å². The zero-order valence-corrected chi connectivity index (χ0v) is 11.5. The summed E-state index contributed by atoms with van der Waals surface area (Å²) in [6.07, 6.45) is 4.29. The van der Waals surface area contributed by atoms with Crippen molar-refractivity contribution >= 4 is 18.3 Å². The number of hydrogen-bond donors (Lipinski definition) is 2. The zero-order chi connectivity index (χ0) is 11.3. The van der Waals surface area contributed by atoms with Gasteiger partial charge >= 0.3 is 0 Å². The molecule has 0 aromatic heterocycles. The summed E-state index contributed by atoms with van der Waals surface area (Å²) < 4.78 is 0. The quantitative estimate of drug-likeness (QED) is 0.800. The number of carbonyl (C=O) groups is 1. The summed E-state index contributed by atoms with van der Waals surface area (Å²) in [7, 11) is 0. The van der Waals surface area contributed by atoms with Crippen LogP contribution in [0.25, 0.3) is 0 Å². The van der Waals surface area contributed by atoms with Crippen LogP contribution in [0.5, 0.6) is 0 Å². The summed E-state index contributed by atoms with van der Waals surface area (Å²) in [6, 6.07) is 0. The number of nitrogens with one attached hydrogen (secondary N) is 2. The highest BCUT2D eigenvalue weighted by molar-refractivity contribution is 5.85. The van der Waals surface area contributed by atoms with E-state index in [-0.39, 0.29) is 29.8 Å². The Labute approximate surface area is 105 Å². The van der Waals surface area contributed by atoms with E-state index in [0.717, 1.165) is 38.8 Å². The minimum atomic E-state index is -0.0523. The van der Waals surface area contributed by atoms with E-state index in [1.165, 1.54) is 0 Å². The molecule has 0 spiro atoms. The fourth-order valence-corrected chi connectivity index (χ4v) is 2.20. The van der Waals surface area contributed by atoms with Crippen molar-refractivity contribution in [3.63, 3.8) is 0 Å². The summed E-state index contributed by atoms with van der Waals surface area (Å²) >= 11 is 0. The number of amides is 1. The lowest BCUT2D eigenvalue weighted by molar-refractivity contribution is -0.127. The van der Waals surface area contributed by atoms with Gasteiger partial charge < -0.3 is 10.6 Å². The number of hydrogen-bond acceptors (Lipinski definition) is 2. The second-order valence-corrected chi connectivity index (χ2v) is 5.17. The average Bonchev–Trinajstić information content (AvgIpc) is 2.18. The first-order valence-corrected chi connectivity index (χ1v) is 6.08. The highest BCUT2D eigenvalue weighted by atomic mass is 35.5. The third kappa shape index (κ3) is 5.17. The average molecular weight is 249 g/mol. The third-order valence-corrected chi connectivity index (χ3v) is 3.00. The van der Waals surface area contributed by atoms with Gasteiger partial charge in [0.2, 0.25) is 5.91 Å². The van der Waals surface area contributed by atoms with Crippen LogP contribution in [-0.2, 0) is 4.79 Å². The topological polar surface area (TPSA) is 41.1 Å². The van der Waals surface area contributed by atoms with Gasteiger partial charge in [-0.15, -0.1) is 12.4 Å². The molecule has 1 aliphatic rings. The Hall–Kier alpha value is -0.280. The zero-order valence-electron chi connectivity index (χ0n) is 10.6. The molecular formula is C12H25ClN2O. The fraction of sp³-hybridized carbons (Fsp3) is 0.917. The Morgan fingerprint density at radius 2 is 2.19 bits per heavy atom. The molecule has 0 saturated carbocycles. The largest absolute Gasteiger partial charge is 0.351 e. The van der Waals surface area contributed by atoms with Gasteiger partial charge in [-0.05, 0) is 39.7 Å². The van der Waals surface area contributed by atoms with Gasteiger partial charge in [-0.3, -0.25) is 4.79 Å². The van der Waals surface area contributed by atoms with Gasteiger partial charge in [0.25, 0.3) is 0 Å². The molecule has 1 rings (SSSR count). The lowest BCUT2D eigenvalue weighted by Gasteiger charge is -2.30. The van der Waals surface area contributed by atoms with Gasteiger partial charge in [0.05, 0.1) is 5.92 Å². The molecule has 1 heterocycles. The first kappa shape index (κ1) is 15.7. The molecule has 0 bridgehead atoms. The van der Waals surface area contributed by atoms with E-state index in [9.17, 15) is 4.79 Å². The third-order valence-electron chi connectivity index (χ3n) is 3.00.